The Morgan fingerprint density at radius 1 is 1.35 bits per heavy atom. The summed E-state index contributed by atoms with van der Waals surface area (Å²) in [5.74, 6) is -1.48. The molecule has 1 amide bonds. The Morgan fingerprint density at radius 3 is 2.70 bits per heavy atom. The summed E-state index contributed by atoms with van der Waals surface area (Å²) in [6, 6.07) is 0. The second-order valence-corrected chi connectivity index (χ2v) is 3.98. The highest BCUT2D eigenvalue weighted by atomic mass is 16.5. The Bertz CT molecular complexity index is 460. The number of rotatable bonds is 9. The smallest absolute Gasteiger partial charge is 0.358 e. The van der Waals surface area contributed by atoms with Crippen LogP contribution in [0.3, 0.4) is 0 Å². The fourth-order valence-corrected chi connectivity index (χ4v) is 1.54. The number of hydrogen-bond donors (Lipinski definition) is 2. The third-order valence-electron chi connectivity index (χ3n) is 2.46. The first-order valence-corrected chi connectivity index (χ1v) is 6.00. The summed E-state index contributed by atoms with van der Waals surface area (Å²) < 4.78 is 11.0. The molecule has 0 aromatic carbocycles. The number of methoxy groups -OCH3 is 2. The van der Waals surface area contributed by atoms with Crippen LogP contribution in [0.25, 0.3) is 0 Å². The lowest BCUT2D eigenvalue weighted by atomic mass is 10.3. The first-order chi connectivity index (χ1) is 9.60. The Balaban J connectivity index is 2.62. The average molecular weight is 286 g/mol. The lowest BCUT2D eigenvalue weighted by Crippen LogP contribution is -2.30. The van der Waals surface area contributed by atoms with Gasteiger partial charge in [0.05, 0.1) is 12.3 Å². The van der Waals surface area contributed by atoms with Gasteiger partial charge in [0.2, 0.25) is 5.91 Å². The molecule has 0 spiro atoms. The minimum atomic E-state index is -1.20. The molecule has 2 N–H and O–H groups in total. The molecule has 1 heterocycles. The van der Waals surface area contributed by atoms with Gasteiger partial charge in [-0.25, -0.2) is 9.48 Å². The molecular formula is C11H18N4O5. The Kier molecular flexibility index (Phi) is 6.60. The molecule has 0 radical (unpaired) electrons. The second-order valence-electron chi connectivity index (χ2n) is 3.98. The summed E-state index contributed by atoms with van der Waals surface area (Å²) in [5.41, 5.74) is 0.0473. The number of nitrogens with zero attached hydrogens (tertiary/aromatic N) is 3. The zero-order chi connectivity index (χ0) is 15.0. The number of carbonyl (C=O) groups excluding carboxylic acids is 1. The molecule has 1 rings (SSSR count). The summed E-state index contributed by atoms with van der Waals surface area (Å²) in [4.78, 5) is 22.6. The third kappa shape index (κ3) is 4.59. The van der Waals surface area contributed by atoms with E-state index in [1.165, 1.54) is 11.8 Å². The molecule has 0 unspecified atom stereocenters. The predicted molar refractivity (Wildman–Crippen MR) is 67.2 cm³/mol. The predicted octanol–water partition coefficient (Wildman–Crippen LogP) is -0.725. The summed E-state index contributed by atoms with van der Waals surface area (Å²) in [7, 11) is 3.01. The zero-order valence-electron chi connectivity index (χ0n) is 11.5. The van der Waals surface area contributed by atoms with Gasteiger partial charge in [0, 0.05) is 27.4 Å². The van der Waals surface area contributed by atoms with Crippen molar-refractivity contribution in [3.63, 3.8) is 0 Å². The molecule has 0 bridgehead atoms. The number of nitrogens with one attached hydrogen (secondary N) is 1. The van der Waals surface area contributed by atoms with Gasteiger partial charge < -0.3 is 19.9 Å². The van der Waals surface area contributed by atoms with Crippen LogP contribution in [0.2, 0.25) is 0 Å². The van der Waals surface area contributed by atoms with Crippen LogP contribution in [-0.4, -0.2) is 59.3 Å². The molecule has 112 valence electrons. The molecule has 20 heavy (non-hydrogen) atoms. The summed E-state index contributed by atoms with van der Waals surface area (Å²) in [5, 5.41) is 18.8. The molecule has 0 aliphatic rings. The maximum Gasteiger partial charge on any atom is 0.358 e. The van der Waals surface area contributed by atoms with Crippen molar-refractivity contribution in [3.05, 3.63) is 11.4 Å². The lowest BCUT2D eigenvalue weighted by Gasteiger charge is -2.07. The standard InChI is InChI=1S/C11H18N4O5/c1-19-5-3-4-12-9(16)6-15-8(7-20-2)10(11(17)18)13-14-15/h3-7H2,1-2H3,(H,12,16)(H,17,18). The van der Waals surface area contributed by atoms with Crippen LogP contribution in [0.5, 0.6) is 0 Å². The van der Waals surface area contributed by atoms with Gasteiger partial charge >= 0.3 is 5.97 Å². The van der Waals surface area contributed by atoms with E-state index in [-0.39, 0.29) is 30.4 Å². The van der Waals surface area contributed by atoms with Crippen LogP contribution in [0, 0.1) is 0 Å². The number of hydrogen-bond acceptors (Lipinski definition) is 6. The highest BCUT2D eigenvalue weighted by molar-refractivity contribution is 5.86. The van der Waals surface area contributed by atoms with Gasteiger partial charge in [-0.05, 0) is 6.42 Å². The minimum Gasteiger partial charge on any atom is -0.476 e. The van der Waals surface area contributed by atoms with Gasteiger partial charge in [-0.2, -0.15) is 0 Å². The van der Waals surface area contributed by atoms with E-state index in [1.54, 1.807) is 7.11 Å². The van der Waals surface area contributed by atoms with Crippen molar-refractivity contribution in [2.45, 2.75) is 19.6 Å². The minimum absolute atomic E-state index is 0.0194. The molecule has 1 aromatic rings. The van der Waals surface area contributed by atoms with E-state index in [2.05, 4.69) is 15.6 Å². The molecule has 0 aliphatic carbocycles. The highest BCUT2D eigenvalue weighted by Crippen LogP contribution is 2.07. The zero-order valence-corrected chi connectivity index (χ0v) is 11.5. The van der Waals surface area contributed by atoms with Crippen molar-refractivity contribution in [2.24, 2.45) is 0 Å². The van der Waals surface area contributed by atoms with Crippen LogP contribution < -0.4 is 5.32 Å². The number of carboxylic acid groups (broad SMARTS) is 1. The molecule has 0 saturated heterocycles. The quantitative estimate of drug-likeness (QED) is 0.575. The third-order valence-corrected chi connectivity index (χ3v) is 2.46. The maximum absolute atomic E-state index is 11.7. The van der Waals surface area contributed by atoms with Crippen molar-refractivity contribution < 1.29 is 24.2 Å². The summed E-state index contributed by atoms with van der Waals surface area (Å²) in [6.07, 6.45) is 0.699. The van der Waals surface area contributed by atoms with E-state index in [1.807, 2.05) is 0 Å². The van der Waals surface area contributed by atoms with E-state index in [4.69, 9.17) is 14.6 Å². The molecule has 0 aliphatic heterocycles. The van der Waals surface area contributed by atoms with Gasteiger partial charge in [-0.3, -0.25) is 4.79 Å². The second kappa shape index (κ2) is 8.23. The SMILES string of the molecule is COCCCNC(=O)Cn1nnc(C(=O)O)c1COC. The fraction of sp³-hybridized carbons (Fsp3) is 0.636. The van der Waals surface area contributed by atoms with Gasteiger partial charge in [0.25, 0.3) is 0 Å². The number of aromatic nitrogens is 3. The number of aromatic carboxylic acids is 1. The van der Waals surface area contributed by atoms with Crippen LogP contribution in [0.1, 0.15) is 22.6 Å². The number of carboxylic acids is 1. The molecule has 1 aromatic heterocycles. The van der Waals surface area contributed by atoms with E-state index in [0.29, 0.717) is 19.6 Å². The molecule has 0 atom stereocenters. The normalized spacial score (nSPS) is 10.5. The van der Waals surface area contributed by atoms with E-state index in [9.17, 15) is 9.59 Å². The van der Waals surface area contributed by atoms with Crippen LogP contribution in [0.4, 0.5) is 0 Å². The number of carbonyl (C=O) groups is 2. The monoisotopic (exact) mass is 286 g/mol. The van der Waals surface area contributed by atoms with Crippen molar-refractivity contribution in [1.29, 1.82) is 0 Å². The Labute approximate surface area is 115 Å². The van der Waals surface area contributed by atoms with E-state index >= 15 is 0 Å². The fourth-order valence-electron chi connectivity index (χ4n) is 1.54. The van der Waals surface area contributed by atoms with Gasteiger partial charge in [0.1, 0.15) is 6.54 Å². The van der Waals surface area contributed by atoms with Gasteiger partial charge in [0.15, 0.2) is 5.69 Å². The summed E-state index contributed by atoms with van der Waals surface area (Å²) in [6.45, 7) is 0.950. The topological polar surface area (TPSA) is 116 Å². The van der Waals surface area contributed by atoms with Gasteiger partial charge in [-0.15, -0.1) is 5.10 Å². The molecular weight excluding hydrogens is 268 g/mol. The van der Waals surface area contributed by atoms with E-state index < -0.39 is 5.97 Å². The summed E-state index contributed by atoms with van der Waals surface area (Å²) >= 11 is 0. The van der Waals surface area contributed by atoms with Crippen LogP contribution in [0.15, 0.2) is 0 Å². The number of ether oxygens (including phenoxy) is 2. The van der Waals surface area contributed by atoms with Crippen molar-refractivity contribution >= 4 is 11.9 Å². The molecule has 9 nitrogen and oxygen atoms in total. The lowest BCUT2D eigenvalue weighted by molar-refractivity contribution is -0.122. The van der Waals surface area contributed by atoms with Crippen molar-refractivity contribution in [3.8, 4) is 0 Å². The Morgan fingerprint density at radius 2 is 2.10 bits per heavy atom. The maximum atomic E-state index is 11.7. The number of amides is 1. The van der Waals surface area contributed by atoms with Crippen LogP contribution in [-0.2, 0) is 27.4 Å². The molecule has 9 heteroatoms. The van der Waals surface area contributed by atoms with Crippen molar-refractivity contribution in [1.82, 2.24) is 20.3 Å². The Hall–Kier alpha value is -2.00. The molecule has 0 fully saturated rings. The van der Waals surface area contributed by atoms with Crippen molar-refractivity contribution in [2.75, 3.05) is 27.4 Å². The largest absolute Gasteiger partial charge is 0.476 e. The highest BCUT2D eigenvalue weighted by Gasteiger charge is 2.19. The average Bonchev–Trinajstić information content (AvgIpc) is 2.78. The molecule has 0 saturated carbocycles. The van der Waals surface area contributed by atoms with Gasteiger partial charge in [-0.1, -0.05) is 5.21 Å². The van der Waals surface area contributed by atoms with Crippen LogP contribution >= 0.6 is 0 Å². The first-order valence-electron chi connectivity index (χ1n) is 6.00. The van der Waals surface area contributed by atoms with E-state index in [0.717, 1.165) is 0 Å². The first kappa shape index (κ1) is 16.1.